The maximum absolute atomic E-state index is 12.0. The minimum atomic E-state index is -1.36. The van der Waals surface area contributed by atoms with Crippen LogP contribution >= 0.6 is 0 Å². The van der Waals surface area contributed by atoms with Crippen LogP contribution in [0, 0.1) is 5.92 Å². The number of hydrogen-bond acceptors (Lipinski definition) is 7. The number of carbonyl (C=O) groups excluding carboxylic acids is 2. The van der Waals surface area contributed by atoms with Gasteiger partial charge < -0.3 is 25.2 Å². The quantitative estimate of drug-likeness (QED) is 0.271. The average molecular weight is 350 g/mol. The number of aliphatic hydroxyl groups is 1. The van der Waals surface area contributed by atoms with Gasteiger partial charge in [0, 0.05) is 12.5 Å². The number of aromatic hydroxyl groups is 2. The zero-order valence-corrected chi connectivity index (χ0v) is 13.2. The Bertz CT molecular complexity index is 709. The molecule has 1 aliphatic carbocycles. The Hall–Kier alpha value is -2.87. The number of carboxylic acids is 1. The van der Waals surface area contributed by atoms with Crippen molar-refractivity contribution in [3.05, 3.63) is 29.8 Å². The molecule has 25 heavy (non-hydrogen) atoms. The highest BCUT2D eigenvalue weighted by atomic mass is 16.5. The zero-order chi connectivity index (χ0) is 18.6. The summed E-state index contributed by atoms with van der Waals surface area (Å²) < 4.78 is 5.00. The van der Waals surface area contributed by atoms with Crippen LogP contribution in [0.1, 0.15) is 24.8 Å². The second-order valence-corrected chi connectivity index (χ2v) is 5.77. The van der Waals surface area contributed by atoms with Crippen LogP contribution in [0.2, 0.25) is 0 Å². The zero-order valence-electron chi connectivity index (χ0n) is 13.2. The summed E-state index contributed by atoms with van der Waals surface area (Å²) in [6.07, 6.45) is -0.444. The molecule has 0 saturated heterocycles. The van der Waals surface area contributed by atoms with E-state index in [1.54, 1.807) is 0 Å². The summed E-state index contributed by atoms with van der Waals surface area (Å²) in [6, 6.07) is 3.91. The third kappa shape index (κ3) is 4.80. The van der Waals surface area contributed by atoms with Crippen LogP contribution in [0.15, 0.2) is 24.3 Å². The molecule has 0 bridgehead atoms. The van der Waals surface area contributed by atoms with Gasteiger partial charge in [0.25, 0.3) is 0 Å². The Morgan fingerprint density at radius 1 is 1.16 bits per heavy atom. The van der Waals surface area contributed by atoms with E-state index in [2.05, 4.69) is 0 Å². The molecule has 0 aliphatic heterocycles. The predicted octanol–water partition coefficient (Wildman–Crippen LogP) is 0.837. The largest absolute Gasteiger partial charge is 0.504 e. The molecule has 0 radical (unpaired) electrons. The summed E-state index contributed by atoms with van der Waals surface area (Å²) in [6.45, 7) is 0. The summed E-state index contributed by atoms with van der Waals surface area (Å²) in [5.74, 6) is -4.26. The fourth-order valence-corrected chi connectivity index (χ4v) is 2.53. The Kier molecular flexibility index (Phi) is 5.76. The number of aliphatic carboxylic acids is 1. The van der Waals surface area contributed by atoms with Crippen molar-refractivity contribution in [3.63, 3.8) is 0 Å². The number of ketones is 1. The van der Waals surface area contributed by atoms with Gasteiger partial charge in [-0.25, -0.2) is 4.79 Å². The standard InChI is InChI=1S/C17H18O8/c18-11-4-1-9(7-13(11)20)2-6-15(21)25-14-8-10(17(23)24)3-5-12(19)16(14)22/h1-2,4,6-7,10,12,14,18-20H,3,5,8H2,(H,23,24)/b6-2+/t10?,12-,14-/m1/s1. The second-order valence-electron chi connectivity index (χ2n) is 5.77. The number of phenolic OH excluding ortho intramolecular Hbond substituents is 2. The molecule has 8 heteroatoms. The molecule has 1 aliphatic rings. The first kappa shape index (κ1) is 18.5. The molecule has 2 rings (SSSR count). The van der Waals surface area contributed by atoms with Gasteiger partial charge in [0.1, 0.15) is 6.10 Å². The third-order valence-corrected chi connectivity index (χ3v) is 3.95. The van der Waals surface area contributed by atoms with Gasteiger partial charge >= 0.3 is 11.9 Å². The molecule has 0 heterocycles. The smallest absolute Gasteiger partial charge is 0.331 e. The normalized spacial score (nSPS) is 24.0. The number of carboxylic acid groups (broad SMARTS) is 1. The topological polar surface area (TPSA) is 141 Å². The average Bonchev–Trinajstić information content (AvgIpc) is 2.70. The monoisotopic (exact) mass is 350 g/mol. The molecule has 4 N–H and O–H groups in total. The lowest BCUT2D eigenvalue weighted by atomic mass is 9.99. The van der Waals surface area contributed by atoms with Crippen LogP contribution in [-0.2, 0) is 19.1 Å². The number of hydrogen-bond donors (Lipinski definition) is 4. The van der Waals surface area contributed by atoms with E-state index in [1.807, 2.05) is 0 Å². The second kappa shape index (κ2) is 7.80. The predicted molar refractivity (Wildman–Crippen MR) is 84.7 cm³/mol. The highest BCUT2D eigenvalue weighted by Crippen LogP contribution is 2.26. The van der Waals surface area contributed by atoms with E-state index in [4.69, 9.17) is 9.84 Å². The Morgan fingerprint density at radius 2 is 1.88 bits per heavy atom. The van der Waals surface area contributed by atoms with Gasteiger partial charge in [0.15, 0.2) is 17.6 Å². The number of aliphatic hydroxyl groups excluding tert-OH is 1. The lowest BCUT2D eigenvalue weighted by Crippen LogP contribution is -2.34. The van der Waals surface area contributed by atoms with E-state index in [9.17, 15) is 29.7 Å². The SMILES string of the molecule is O=C(/C=C/c1ccc(O)c(O)c1)O[C@@H]1CC(C(=O)O)CC[C@@H](O)C1=O. The van der Waals surface area contributed by atoms with E-state index in [-0.39, 0.29) is 30.8 Å². The molecular formula is C17H18O8. The van der Waals surface area contributed by atoms with Crippen molar-refractivity contribution in [1.29, 1.82) is 0 Å². The summed E-state index contributed by atoms with van der Waals surface area (Å²) in [5.41, 5.74) is 0.405. The van der Waals surface area contributed by atoms with Crippen molar-refractivity contribution in [1.82, 2.24) is 0 Å². The van der Waals surface area contributed by atoms with Crippen molar-refractivity contribution in [2.75, 3.05) is 0 Å². The molecule has 1 fully saturated rings. The third-order valence-electron chi connectivity index (χ3n) is 3.95. The minimum absolute atomic E-state index is 0.00642. The van der Waals surface area contributed by atoms with Gasteiger partial charge in [-0.05, 0) is 36.6 Å². The van der Waals surface area contributed by atoms with Gasteiger partial charge in [-0.2, -0.15) is 0 Å². The number of rotatable bonds is 4. The first-order valence-corrected chi connectivity index (χ1v) is 7.63. The molecule has 3 atom stereocenters. The molecular weight excluding hydrogens is 332 g/mol. The summed E-state index contributed by atoms with van der Waals surface area (Å²) in [5, 5.41) is 37.4. The number of ether oxygens (including phenoxy) is 1. The summed E-state index contributed by atoms with van der Waals surface area (Å²) >= 11 is 0. The molecule has 0 aromatic heterocycles. The van der Waals surface area contributed by atoms with Crippen molar-refractivity contribution in [3.8, 4) is 11.5 Å². The van der Waals surface area contributed by atoms with Gasteiger partial charge in [-0.3, -0.25) is 9.59 Å². The highest BCUT2D eigenvalue weighted by molar-refractivity contribution is 5.93. The number of Topliss-reactive ketones (excluding diaryl/α,β-unsaturated/α-hetero) is 1. The Balaban J connectivity index is 2.06. The lowest BCUT2D eigenvalue weighted by molar-refractivity contribution is -0.155. The van der Waals surface area contributed by atoms with Crippen molar-refractivity contribution in [2.24, 2.45) is 5.92 Å². The van der Waals surface area contributed by atoms with E-state index in [1.165, 1.54) is 24.3 Å². The first-order valence-electron chi connectivity index (χ1n) is 7.63. The molecule has 1 saturated carbocycles. The van der Waals surface area contributed by atoms with Gasteiger partial charge in [-0.1, -0.05) is 6.07 Å². The number of benzene rings is 1. The van der Waals surface area contributed by atoms with Crippen molar-refractivity contribution < 1.29 is 39.5 Å². The Morgan fingerprint density at radius 3 is 2.52 bits per heavy atom. The maximum Gasteiger partial charge on any atom is 0.331 e. The number of carbonyl (C=O) groups is 3. The molecule has 134 valence electrons. The van der Waals surface area contributed by atoms with Crippen LogP contribution in [-0.4, -0.2) is 50.4 Å². The van der Waals surface area contributed by atoms with E-state index in [0.717, 1.165) is 6.08 Å². The van der Waals surface area contributed by atoms with Crippen molar-refractivity contribution in [2.45, 2.75) is 31.5 Å². The van der Waals surface area contributed by atoms with E-state index < -0.39 is 35.8 Å². The van der Waals surface area contributed by atoms with Gasteiger partial charge in [0.05, 0.1) is 5.92 Å². The molecule has 0 amide bonds. The molecule has 8 nitrogen and oxygen atoms in total. The summed E-state index contributed by atoms with van der Waals surface area (Å²) in [7, 11) is 0. The van der Waals surface area contributed by atoms with Crippen LogP contribution in [0.25, 0.3) is 6.08 Å². The van der Waals surface area contributed by atoms with Crippen molar-refractivity contribution >= 4 is 23.8 Å². The van der Waals surface area contributed by atoms with Crippen LogP contribution < -0.4 is 0 Å². The fraction of sp³-hybridized carbons (Fsp3) is 0.353. The number of phenols is 2. The van der Waals surface area contributed by atoms with Gasteiger partial charge in [0.2, 0.25) is 5.78 Å². The Labute approximate surface area is 143 Å². The first-order chi connectivity index (χ1) is 11.8. The van der Waals surface area contributed by atoms with Crippen LogP contribution in [0.5, 0.6) is 11.5 Å². The molecule has 1 aromatic carbocycles. The van der Waals surface area contributed by atoms with E-state index >= 15 is 0 Å². The maximum atomic E-state index is 12.0. The fourth-order valence-electron chi connectivity index (χ4n) is 2.53. The highest BCUT2D eigenvalue weighted by Gasteiger charge is 2.37. The van der Waals surface area contributed by atoms with Crippen LogP contribution in [0.4, 0.5) is 0 Å². The van der Waals surface area contributed by atoms with Crippen LogP contribution in [0.3, 0.4) is 0 Å². The van der Waals surface area contributed by atoms with Gasteiger partial charge in [-0.15, -0.1) is 0 Å². The molecule has 1 aromatic rings. The lowest BCUT2D eigenvalue weighted by Gasteiger charge is -2.16. The molecule has 1 unspecified atom stereocenters. The van der Waals surface area contributed by atoms with E-state index in [0.29, 0.717) is 5.56 Å². The summed E-state index contributed by atoms with van der Waals surface area (Å²) in [4.78, 5) is 35.0. The molecule has 0 spiro atoms. The minimum Gasteiger partial charge on any atom is -0.504 e. The number of esters is 1.